The number of anilines is 1. The quantitative estimate of drug-likeness (QED) is 0.712. The maximum Gasteiger partial charge on any atom is 0.172 e. The molecule has 6 heteroatoms. The van der Waals surface area contributed by atoms with Gasteiger partial charge in [0.1, 0.15) is 18.3 Å². The maximum absolute atomic E-state index is 11.1. The highest BCUT2D eigenvalue weighted by Gasteiger charge is 2.24. The van der Waals surface area contributed by atoms with Crippen LogP contribution in [-0.2, 0) is 14.3 Å². The van der Waals surface area contributed by atoms with Crippen molar-refractivity contribution in [3.8, 4) is 0 Å². The SMILES string of the molecule is CC(C)C(C=O)c1cc(N2CCC(CC=O)CC2)no1.CCOC. The van der Waals surface area contributed by atoms with Gasteiger partial charge in [-0.25, -0.2) is 0 Å². The summed E-state index contributed by atoms with van der Waals surface area (Å²) < 4.78 is 9.87. The van der Waals surface area contributed by atoms with Crippen LogP contribution in [0.3, 0.4) is 0 Å². The Balaban J connectivity index is 0.000000648. The standard InChI is InChI=1S/C15H22N2O3.C3H8O/c1-11(2)13(10-19)14-9-15(16-20-14)17-6-3-12(4-7-17)5-8-18;1-3-4-2/h8-13H,3-7H2,1-2H3;3H2,1-2H3. The Morgan fingerprint density at radius 2 is 2.00 bits per heavy atom. The van der Waals surface area contributed by atoms with Crippen molar-refractivity contribution in [3.63, 3.8) is 0 Å². The summed E-state index contributed by atoms with van der Waals surface area (Å²) in [6.45, 7) is 8.54. The van der Waals surface area contributed by atoms with E-state index in [1.807, 2.05) is 26.8 Å². The van der Waals surface area contributed by atoms with Gasteiger partial charge in [-0.3, -0.25) is 0 Å². The molecule has 1 aliphatic rings. The molecule has 1 aromatic heterocycles. The third-order valence-corrected chi connectivity index (χ3v) is 4.37. The van der Waals surface area contributed by atoms with Crippen LogP contribution in [-0.4, -0.2) is 44.5 Å². The number of aromatic nitrogens is 1. The van der Waals surface area contributed by atoms with E-state index in [-0.39, 0.29) is 11.8 Å². The van der Waals surface area contributed by atoms with Gasteiger partial charge in [-0.1, -0.05) is 19.0 Å². The number of aldehydes is 2. The summed E-state index contributed by atoms with van der Waals surface area (Å²) in [5.74, 6) is 1.90. The van der Waals surface area contributed by atoms with Crippen molar-refractivity contribution < 1.29 is 18.8 Å². The molecule has 0 N–H and O–H groups in total. The summed E-state index contributed by atoms with van der Waals surface area (Å²) in [4.78, 5) is 23.8. The van der Waals surface area contributed by atoms with Crippen molar-refractivity contribution in [3.05, 3.63) is 11.8 Å². The van der Waals surface area contributed by atoms with Gasteiger partial charge in [0.2, 0.25) is 0 Å². The number of ether oxygens (including phenoxy) is 1. The first-order valence-electron chi connectivity index (χ1n) is 8.66. The van der Waals surface area contributed by atoms with E-state index in [2.05, 4.69) is 14.8 Å². The molecule has 0 aliphatic carbocycles. The zero-order valence-corrected chi connectivity index (χ0v) is 15.2. The van der Waals surface area contributed by atoms with Gasteiger partial charge < -0.3 is 23.7 Å². The zero-order valence-electron chi connectivity index (χ0n) is 15.2. The van der Waals surface area contributed by atoms with Gasteiger partial charge in [-0.05, 0) is 31.6 Å². The zero-order chi connectivity index (χ0) is 17.9. The number of hydrogen-bond acceptors (Lipinski definition) is 6. The molecule has 1 unspecified atom stereocenters. The topological polar surface area (TPSA) is 72.6 Å². The molecule has 0 spiro atoms. The van der Waals surface area contributed by atoms with Crippen LogP contribution < -0.4 is 4.90 Å². The number of methoxy groups -OCH3 is 1. The van der Waals surface area contributed by atoms with Crippen LogP contribution in [0.25, 0.3) is 0 Å². The van der Waals surface area contributed by atoms with Crippen LogP contribution in [0, 0.1) is 11.8 Å². The highest BCUT2D eigenvalue weighted by Crippen LogP contribution is 2.28. The Kier molecular flexibility index (Phi) is 9.30. The van der Waals surface area contributed by atoms with Crippen molar-refractivity contribution in [2.24, 2.45) is 11.8 Å². The normalized spacial score (nSPS) is 16.5. The fraction of sp³-hybridized carbons (Fsp3) is 0.722. The lowest BCUT2D eigenvalue weighted by Crippen LogP contribution is -2.33. The molecule has 2 rings (SSSR count). The van der Waals surface area contributed by atoms with Crippen LogP contribution >= 0.6 is 0 Å². The molecule has 2 heterocycles. The van der Waals surface area contributed by atoms with E-state index in [0.717, 1.165) is 50.9 Å². The summed E-state index contributed by atoms with van der Waals surface area (Å²) in [6, 6.07) is 1.87. The molecule has 1 fully saturated rings. The third kappa shape index (κ3) is 6.07. The Morgan fingerprint density at radius 1 is 1.38 bits per heavy atom. The summed E-state index contributed by atoms with van der Waals surface area (Å²) in [7, 11) is 1.68. The van der Waals surface area contributed by atoms with Crippen molar-refractivity contribution in [1.29, 1.82) is 0 Å². The third-order valence-electron chi connectivity index (χ3n) is 4.37. The molecule has 6 nitrogen and oxygen atoms in total. The second-order valence-corrected chi connectivity index (χ2v) is 6.40. The molecule has 1 aromatic rings. The predicted octanol–water partition coefficient (Wildman–Crippen LogP) is 3.07. The first-order chi connectivity index (χ1) is 11.6. The predicted molar refractivity (Wildman–Crippen MR) is 93.3 cm³/mol. The number of hydrogen-bond donors (Lipinski definition) is 0. The van der Waals surface area contributed by atoms with Crippen LogP contribution in [0.1, 0.15) is 51.7 Å². The van der Waals surface area contributed by atoms with Crippen molar-refractivity contribution >= 4 is 18.4 Å². The first kappa shape index (κ1) is 20.4. The molecule has 0 bridgehead atoms. The molecule has 1 aliphatic heterocycles. The summed E-state index contributed by atoms with van der Waals surface area (Å²) in [6.07, 6.45) is 4.58. The Morgan fingerprint density at radius 3 is 2.46 bits per heavy atom. The minimum absolute atomic E-state index is 0.201. The largest absolute Gasteiger partial charge is 0.385 e. The monoisotopic (exact) mass is 338 g/mol. The van der Waals surface area contributed by atoms with Gasteiger partial charge in [0.25, 0.3) is 0 Å². The lowest BCUT2D eigenvalue weighted by atomic mass is 9.93. The second kappa shape index (κ2) is 11.0. The van der Waals surface area contributed by atoms with E-state index in [1.54, 1.807) is 7.11 Å². The van der Waals surface area contributed by atoms with Gasteiger partial charge in [0.05, 0.1) is 5.92 Å². The van der Waals surface area contributed by atoms with E-state index in [1.165, 1.54) is 0 Å². The van der Waals surface area contributed by atoms with E-state index in [0.29, 0.717) is 18.1 Å². The molecular formula is C18H30N2O4. The Bertz CT molecular complexity index is 477. The highest BCUT2D eigenvalue weighted by molar-refractivity contribution is 5.62. The lowest BCUT2D eigenvalue weighted by molar-refractivity contribution is -0.110. The minimum atomic E-state index is -0.233. The molecule has 0 aromatic carbocycles. The van der Waals surface area contributed by atoms with Gasteiger partial charge in [0.15, 0.2) is 5.82 Å². The average molecular weight is 338 g/mol. The maximum atomic E-state index is 11.1. The average Bonchev–Trinajstić information content (AvgIpc) is 3.06. The molecule has 0 amide bonds. The molecule has 136 valence electrons. The molecule has 24 heavy (non-hydrogen) atoms. The van der Waals surface area contributed by atoms with Gasteiger partial charge in [0, 0.05) is 39.3 Å². The fourth-order valence-corrected chi connectivity index (χ4v) is 2.67. The molecule has 0 radical (unpaired) electrons. The molecular weight excluding hydrogens is 308 g/mol. The fourth-order valence-electron chi connectivity index (χ4n) is 2.67. The highest BCUT2D eigenvalue weighted by atomic mass is 16.5. The van der Waals surface area contributed by atoms with Crippen LogP contribution in [0.2, 0.25) is 0 Å². The first-order valence-corrected chi connectivity index (χ1v) is 8.66. The Hall–Kier alpha value is -1.69. The Labute approximate surface area is 144 Å². The molecule has 0 saturated carbocycles. The summed E-state index contributed by atoms with van der Waals surface area (Å²) in [5, 5.41) is 4.08. The van der Waals surface area contributed by atoms with Crippen molar-refractivity contribution in [1.82, 2.24) is 5.16 Å². The van der Waals surface area contributed by atoms with Gasteiger partial charge >= 0.3 is 0 Å². The number of rotatable bonds is 7. The smallest absolute Gasteiger partial charge is 0.172 e. The minimum Gasteiger partial charge on any atom is -0.385 e. The van der Waals surface area contributed by atoms with E-state index in [4.69, 9.17) is 4.52 Å². The second-order valence-electron chi connectivity index (χ2n) is 6.40. The van der Waals surface area contributed by atoms with Crippen LogP contribution in [0.15, 0.2) is 10.6 Å². The van der Waals surface area contributed by atoms with E-state index >= 15 is 0 Å². The summed E-state index contributed by atoms with van der Waals surface area (Å²) >= 11 is 0. The molecule has 1 saturated heterocycles. The summed E-state index contributed by atoms with van der Waals surface area (Å²) in [5.41, 5.74) is 0. The number of carbonyl (C=O) groups excluding carboxylic acids is 2. The van der Waals surface area contributed by atoms with E-state index in [9.17, 15) is 9.59 Å². The van der Waals surface area contributed by atoms with Gasteiger partial charge in [-0.15, -0.1) is 0 Å². The molecule has 1 atom stereocenters. The van der Waals surface area contributed by atoms with Crippen molar-refractivity contribution in [2.45, 2.75) is 46.0 Å². The van der Waals surface area contributed by atoms with E-state index < -0.39 is 0 Å². The number of piperidine rings is 1. The van der Waals surface area contributed by atoms with Crippen LogP contribution in [0.5, 0.6) is 0 Å². The van der Waals surface area contributed by atoms with Gasteiger partial charge in [-0.2, -0.15) is 0 Å². The lowest BCUT2D eigenvalue weighted by Gasteiger charge is -2.30. The number of carbonyl (C=O) groups is 2. The van der Waals surface area contributed by atoms with Crippen molar-refractivity contribution in [2.75, 3.05) is 31.7 Å². The number of nitrogens with zero attached hydrogens (tertiary/aromatic N) is 2. The van der Waals surface area contributed by atoms with Crippen LogP contribution in [0.4, 0.5) is 5.82 Å².